The van der Waals surface area contributed by atoms with Crippen LogP contribution in [0.15, 0.2) is 48.5 Å². The molecule has 19 heavy (non-hydrogen) atoms. The third-order valence-electron chi connectivity index (χ3n) is 3.33. The lowest BCUT2D eigenvalue weighted by Crippen LogP contribution is -2.11. The van der Waals surface area contributed by atoms with Crippen molar-refractivity contribution in [2.45, 2.75) is 13.0 Å². The molecule has 2 N–H and O–H groups in total. The Bertz CT molecular complexity index is 732. The van der Waals surface area contributed by atoms with E-state index in [1.54, 1.807) is 23.5 Å². The van der Waals surface area contributed by atoms with Gasteiger partial charge in [0.25, 0.3) is 0 Å². The van der Waals surface area contributed by atoms with Crippen molar-refractivity contribution in [1.82, 2.24) is 0 Å². The van der Waals surface area contributed by atoms with Crippen LogP contribution in [0.2, 0.25) is 0 Å². The van der Waals surface area contributed by atoms with Crippen molar-refractivity contribution >= 4 is 21.4 Å². The Morgan fingerprint density at radius 3 is 2.68 bits per heavy atom. The number of nitrogens with two attached hydrogens (primary N) is 1. The molecular formula is C16H14FNS. The Hall–Kier alpha value is -1.71. The zero-order valence-corrected chi connectivity index (χ0v) is 11.4. The summed E-state index contributed by atoms with van der Waals surface area (Å²) in [7, 11) is 0. The summed E-state index contributed by atoms with van der Waals surface area (Å²) in [6, 6.07) is 14.9. The Labute approximate surface area is 115 Å². The van der Waals surface area contributed by atoms with E-state index in [0.717, 1.165) is 20.5 Å². The van der Waals surface area contributed by atoms with E-state index in [1.165, 1.54) is 11.6 Å². The standard InChI is InChI=1S/C16H14FNS/c1-10-4-2-3-5-13(10)16(18)15-8-11-6-7-12(17)9-14(11)19-15/h2-9,16H,18H2,1H3. The predicted molar refractivity (Wildman–Crippen MR) is 79.0 cm³/mol. The van der Waals surface area contributed by atoms with Crippen molar-refractivity contribution in [3.8, 4) is 0 Å². The molecule has 3 aromatic rings. The van der Waals surface area contributed by atoms with Crippen LogP contribution in [0.1, 0.15) is 22.0 Å². The van der Waals surface area contributed by atoms with Crippen LogP contribution in [0.3, 0.4) is 0 Å². The van der Waals surface area contributed by atoms with Gasteiger partial charge in [-0.25, -0.2) is 4.39 Å². The van der Waals surface area contributed by atoms with Gasteiger partial charge in [-0.05, 0) is 41.6 Å². The number of rotatable bonds is 2. The largest absolute Gasteiger partial charge is 0.320 e. The van der Waals surface area contributed by atoms with Crippen LogP contribution in [0, 0.1) is 12.7 Å². The topological polar surface area (TPSA) is 26.0 Å². The average molecular weight is 271 g/mol. The van der Waals surface area contributed by atoms with Crippen molar-refractivity contribution in [3.05, 3.63) is 70.4 Å². The normalized spacial score (nSPS) is 12.8. The van der Waals surface area contributed by atoms with Gasteiger partial charge in [-0.15, -0.1) is 11.3 Å². The van der Waals surface area contributed by atoms with Gasteiger partial charge in [0.05, 0.1) is 6.04 Å². The molecule has 0 aliphatic carbocycles. The summed E-state index contributed by atoms with van der Waals surface area (Å²) in [6.45, 7) is 2.06. The van der Waals surface area contributed by atoms with E-state index in [-0.39, 0.29) is 11.9 Å². The lowest BCUT2D eigenvalue weighted by Gasteiger charge is -2.12. The number of hydrogen-bond donors (Lipinski definition) is 1. The SMILES string of the molecule is Cc1ccccc1C(N)c1cc2ccc(F)cc2s1. The molecule has 3 rings (SSSR count). The molecule has 0 bridgehead atoms. The van der Waals surface area contributed by atoms with E-state index in [2.05, 4.69) is 19.1 Å². The van der Waals surface area contributed by atoms with Crippen LogP contribution in [0.4, 0.5) is 4.39 Å². The second-order valence-corrected chi connectivity index (χ2v) is 5.78. The number of halogens is 1. The molecule has 0 aliphatic heterocycles. The van der Waals surface area contributed by atoms with Gasteiger partial charge in [0.1, 0.15) is 5.82 Å². The van der Waals surface area contributed by atoms with E-state index >= 15 is 0 Å². The van der Waals surface area contributed by atoms with Gasteiger partial charge in [-0.3, -0.25) is 0 Å². The van der Waals surface area contributed by atoms with Crippen LogP contribution >= 0.6 is 11.3 Å². The number of thiophene rings is 1. The molecule has 1 atom stereocenters. The molecule has 0 spiro atoms. The first-order valence-electron chi connectivity index (χ1n) is 6.15. The fourth-order valence-electron chi connectivity index (χ4n) is 2.27. The van der Waals surface area contributed by atoms with E-state index in [0.29, 0.717) is 0 Å². The van der Waals surface area contributed by atoms with Gasteiger partial charge in [0.15, 0.2) is 0 Å². The predicted octanol–water partition coefficient (Wildman–Crippen LogP) is 4.40. The van der Waals surface area contributed by atoms with Gasteiger partial charge in [0, 0.05) is 9.58 Å². The molecule has 1 nitrogen and oxygen atoms in total. The highest BCUT2D eigenvalue weighted by atomic mass is 32.1. The maximum Gasteiger partial charge on any atom is 0.124 e. The first kappa shape index (κ1) is 12.3. The lowest BCUT2D eigenvalue weighted by atomic mass is 10.0. The minimum absolute atomic E-state index is 0.151. The van der Waals surface area contributed by atoms with Gasteiger partial charge >= 0.3 is 0 Å². The Morgan fingerprint density at radius 1 is 1.11 bits per heavy atom. The first-order valence-corrected chi connectivity index (χ1v) is 6.97. The Balaban J connectivity index is 2.07. The van der Waals surface area contributed by atoms with Crippen LogP contribution in [-0.2, 0) is 0 Å². The van der Waals surface area contributed by atoms with Crippen molar-refractivity contribution in [2.24, 2.45) is 5.73 Å². The smallest absolute Gasteiger partial charge is 0.124 e. The Kier molecular flexibility index (Phi) is 3.09. The molecule has 0 radical (unpaired) electrons. The second kappa shape index (κ2) is 4.76. The Morgan fingerprint density at radius 2 is 1.89 bits per heavy atom. The minimum atomic E-state index is -0.203. The van der Waals surface area contributed by atoms with E-state index in [1.807, 2.05) is 18.2 Å². The van der Waals surface area contributed by atoms with Crippen molar-refractivity contribution in [2.75, 3.05) is 0 Å². The highest BCUT2D eigenvalue weighted by molar-refractivity contribution is 7.19. The van der Waals surface area contributed by atoms with E-state index < -0.39 is 0 Å². The summed E-state index contributed by atoms with van der Waals surface area (Å²) in [5, 5.41) is 1.05. The summed E-state index contributed by atoms with van der Waals surface area (Å²) in [5.74, 6) is -0.203. The summed E-state index contributed by atoms with van der Waals surface area (Å²) in [5.41, 5.74) is 8.63. The molecule has 0 aliphatic rings. The number of fused-ring (bicyclic) bond motifs is 1. The van der Waals surface area contributed by atoms with Crippen LogP contribution in [0.5, 0.6) is 0 Å². The van der Waals surface area contributed by atoms with Crippen LogP contribution < -0.4 is 5.73 Å². The number of aryl methyl sites for hydroxylation is 1. The van der Waals surface area contributed by atoms with Gasteiger partial charge in [0.2, 0.25) is 0 Å². The zero-order chi connectivity index (χ0) is 13.4. The lowest BCUT2D eigenvalue weighted by molar-refractivity contribution is 0.630. The molecule has 2 aromatic carbocycles. The molecule has 1 aromatic heterocycles. The third kappa shape index (κ3) is 2.27. The summed E-state index contributed by atoms with van der Waals surface area (Å²) in [4.78, 5) is 1.06. The molecule has 3 heteroatoms. The van der Waals surface area contributed by atoms with Gasteiger partial charge < -0.3 is 5.73 Å². The molecule has 1 unspecified atom stereocenters. The average Bonchev–Trinajstić information content (AvgIpc) is 2.81. The van der Waals surface area contributed by atoms with Crippen LogP contribution in [0.25, 0.3) is 10.1 Å². The molecule has 0 saturated carbocycles. The zero-order valence-electron chi connectivity index (χ0n) is 10.6. The molecule has 0 saturated heterocycles. The highest BCUT2D eigenvalue weighted by Crippen LogP contribution is 2.33. The van der Waals surface area contributed by atoms with Gasteiger partial charge in [-0.2, -0.15) is 0 Å². The van der Waals surface area contributed by atoms with Gasteiger partial charge in [-0.1, -0.05) is 30.3 Å². The molecule has 0 fully saturated rings. The molecule has 96 valence electrons. The quantitative estimate of drug-likeness (QED) is 0.734. The molecule has 1 heterocycles. The maximum absolute atomic E-state index is 13.2. The monoisotopic (exact) mass is 271 g/mol. The molecular weight excluding hydrogens is 257 g/mol. The van der Waals surface area contributed by atoms with Crippen molar-refractivity contribution in [3.63, 3.8) is 0 Å². The summed E-state index contributed by atoms with van der Waals surface area (Å²) >= 11 is 1.56. The van der Waals surface area contributed by atoms with E-state index in [4.69, 9.17) is 5.73 Å². The maximum atomic E-state index is 13.2. The van der Waals surface area contributed by atoms with E-state index in [9.17, 15) is 4.39 Å². The number of hydrogen-bond acceptors (Lipinski definition) is 2. The summed E-state index contributed by atoms with van der Waals surface area (Å²) < 4.78 is 14.2. The van der Waals surface area contributed by atoms with Crippen LogP contribution in [-0.4, -0.2) is 0 Å². The number of benzene rings is 2. The third-order valence-corrected chi connectivity index (χ3v) is 4.51. The first-order chi connectivity index (χ1) is 9.15. The highest BCUT2D eigenvalue weighted by Gasteiger charge is 2.14. The summed E-state index contributed by atoms with van der Waals surface area (Å²) in [6.07, 6.45) is 0. The fraction of sp³-hybridized carbons (Fsp3) is 0.125. The fourth-order valence-corrected chi connectivity index (χ4v) is 3.38. The second-order valence-electron chi connectivity index (χ2n) is 4.67. The minimum Gasteiger partial charge on any atom is -0.320 e. The molecule has 0 amide bonds. The van der Waals surface area contributed by atoms with Crippen molar-refractivity contribution in [1.29, 1.82) is 0 Å². The van der Waals surface area contributed by atoms with Crippen molar-refractivity contribution < 1.29 is 4.39 Å².